The quantitative estimate of drug-likeness (QED) is 0.732. The van der Waals surface area contributed by atoms with Crippen molar-refractivity contribution in [2.45, 2.75) is 6.42 Å². The van der Waals surface area contributed by atoms with Crippen molar-refractivity contribution in [1.29, 1.82) is 0 Å². The molecule has 4 nitrogen and oxygen atoms in total. The first-order valence-electron chi connectivity index (χ1n) is 4.93. The van der Waals surface area contributed by atoms with Crippen LogP contribution in [0.1, 0.15) is 11.3 Å². The molecule has 0 atom stereocenters. The van der Waals surface area contributed by atoms with E-state index in [2.05, 4.69) is 9.97 Å². The lowest BCUT2D eigenvalue weighted by atomic mass is 10.1. The molecule has 0 amide bonds. The monoisotopic (exact) mass is 230 g/mol. The summed E-state index contributed by atoms with van der Waals surface area (Å²) in [5.41, 5.74) is 7.84. The van der Waals surface area contributed by atoms with Crippen LogP contribution in [0.2, 0.25) is 0 Å². The maximum atomic E-state index is 5.79. The predicted octanol–water partition coefficient (Wildman–Crippen LogP) is 1.96. The van der Waals surface area contributed by atoms with Crippen LogP contribution in [0.15, 0.2) is 36.1 Å². The molecule has 0 aromatic carbocycles. The van der Waals surface area contributed by atoms with Gasteiger partial charge in [0.25, 0.3) is 0 Å². The van der Waals surface area contributed by atoms with Crippen molar-refractivity contribution in [2.75, 3.05) is 5.73 Å². The van der Waals surface area contributed by atoms with Gasteiger partial charge in [-0.2, -0.15) is 0 Å². The fraction of sp³-hybridized carbons (Fsp3) is 0.0909. The first kappa shape index (κ1) is 9.35. The molecule has 3 rings (SSSR count). The minimum atomic E-state index is 0.582. The summed E-state index contributed by atoms with van der Waals surface area (Å²) < 4.78 is 2.02. The average Bonchev–Trinajstić information content (AvgIpc) is 2.81. The Labute approximate surface area is 96.4 Å². The normalized spacial score (nSPS) is 11.0. The van der Waals surface area contributed by atoms with Crippen molar-refractivity contribution in [2.24, 2.45) is 0 Å². The molecule has 0 aliphatic heterocycles. The fourth-order valence-corrected chi connectivity index (χ4v) is 2.38. The van der Waals surface area contributed by atoms with Crippen LogP contribution < -0.4 is 5.73 Å². The van der Waals surface area contributed by atoms with E-state index in [0.717, 1.165) is 22.6 Å². The first-order chi connectivity index (χ1) is 7.83. The van der Waals surface area contributed by atoms with Crippen LogP contribution in [0.3, 0.4) is 0 Å². The second kappa shape index (κ2) is 3.61. The summed E-state index contributed by atoms with van der Waals surface area (Å²) in [7, 11) is 0. The first-order valence-corrected chi connectivity index (χ1v) is 5.81. The Balaban J connectivity index is 1.95. The molecule has 0 saturated heterocycles. The molecule has 16 heavy (non-hydrogen) atoms. The molecule has 80 valence electrons. The Kier molecular flexibility index (Phi) is 2.11. The van der Waals surface area contributed by atoms with Crippen LogP contribution in [0.5, 0.6) is 0 Å². The Hall–Kier alpha value is -1.88. The summed E-state index contributed by atoms with van der Waals surface area (Å²) in [4.78, 5) is 9.58. The van der Waals surface area contributed by atoms with E-state index >= 15 is 0 Å². The summed E-state index contributed by atoms with van der Waals surface area (Å²) in [5, 5.41) is 2.02. The standard InChI is InChI=1S/C11H10N4S/c12-10-8(2-1-3-13-10)6-9-7-15-4-5-16-11(15)14-9/h1-5,7H,6H2,(H2,12,13). The number of hydrogen-bond acceptors (Lipinski definition) is 4. The number of rotatable bonds is 2. The minimum Gasteiger partial charge on any atom is -0.383 e. The van der Waals surface area contributed by atoms with Crippen molar-refractivity contribution >= 4 is 22.1 Å². The number of anilines is 1. The lowest BCUT2D eigenvalue weighted by Crippen LogP contribution is -1.98. The summed E-state index contributed by atoms with van der Waals surface area (Å²) in [6.07, 6.45) is 6.46. The minimum absolute atomic E-state index is 0.582. The second-order valence-electron chi connectivity index (χ2n) is 3.55. The third kappa shape index (κ3) is 1.55. The number of fused-ring (bicyclic) bond motifs is 1. The fourth-order valence-electron chi connectivity index (χ4n) is 1.66. The van der Waals surface area contributed by atoms with Gasteiger partial charge in [-0.05, 0) is 6.07 Å². The van der Waals surface area contributed by atoms with Crippen LogP contribution in [0, 0.1) is 0 Å². The molecular formula is C11H10N4S. The van der Waals surface area contributed by atoms with Gasteiger partial charge < -0.3 is 5.73 Å². The molecule has 0 unspecified atom stereocenters. The number of pyridine rings is 1. The molecule has 0 fully saturated rings. The maximum Gasteiger partial charge on any atom is 0.193 e. The zero-order valence-electron chi connectivity index (χ0n) is 8.50. The molecule has 3 heterocycles. The summed E-state index contributed by atoms with van der Waals surface area (Å²) in [6, 6.07) is 3.87. The maximum absolute atomic E-state index is 5.79. The number of thiazole rings is 1. The molecule has 0 spiro atoms. The average molecular weight is 230 g/mol. The van der Waals surface area contributed by atoms with E-state index in [9.17, 15) is 0 Å². The van der Waals surface area contributed by atoms with Crippen molar-refractivity contribution < 1.29 is 0 Å². The number of aromatic nitrogens is 3. The van der Waals surface area contributed by atoms with E-state index in [4.69, 9.17) is 5.73 Å². The molecule has 0 radical (unpaired) electrons. The van der Waals surface area contributed by atoms with Gasteiger partial charge in [-0.25, -0.2) is 9.97 Å². The van der Waals surface area contributed by atoms with Crippen LogP contribution in [0.25, 0.3) is 4.96 Å². The van der Waals surface area contributed by atoms with E-state index in [1.54, 1.807) is 17.5 Å². The summed E-state index contributed by atoms with van der Waals surface area (Å²) in [5.74, 6) is 0.582. The highest BCUT2D eigenvalue weighted by Gasteiger charge is 2.05. The number of nitrogens with zero attached hydrogens (tertiary/aromatic N) is 3. The lowest BCUT2D eigenvalue weighted by molar-refractivity contribution is 1.09. The van der Waals surface area contributed by atoms with Crippen LogP contribution in [-0.2, 0) is 6.42 Å². The lowest BCUT2D eigenvalue weighted by Gasteiger charge is -2.00. The van der Waals surface area contributed by atoms with Crippen LogP contribution in [0.4, 0.5) is 5.82 Å². The van der Waals surface area contributed by atoms with Gasteiger partial charge in [0.15, 0.2) is 4.96 Å². The van der Waals surface area contributed by atoms with Gasteiger partial charge in [0.1, 0.15) is 5.82 Å². The van der Waals surface area contributed by atoms with Gasteiger partial charge in [0, 0.05) is 36.0 Å². The van der Waals surface area contributed by atoms with Gasteiger partial charge in [0.05, 0.1) is 5.69 Å². The number of hydrogen-bond donors (Lipinski definition) is 1. The molecule has 0 aliphatic carbocycles. The molecule has 0 bridgehead atoms. The molecule has 0 saturated carbocycles. The SMILES string of the molecule is Nc1ncccc1Cc1cn2ccsc2n1. The van der Waals surface area contributed by atoms with Gasteiger partial charge in [-0.1, -0.05) is 6.07 Å². The van der Waals surface area contributed by atoms with E-state index in [1.165, 1.54) is 0 Å². The Morgan fingerprint density at radius 3 is 3.19 bits per heavy atom. The molecule has 3 aromatic heterocycles. The van der Waals surface area contributed by atoms with Gasteiger partial charge in [-0.15, -0.1) is 11.3 Å². The highest BCUT2D eigenvalue weighted by molar-refractivity contribution is 7.15. The summed E-state index contributed by atoms with van der Waals surface area (Å²) in [6.45, 7) is 0. The summed E-state index contributed by atoms with van der Waals surface area (Å²) >= 11 is 1.63. The highest BCUT2D eigenvalue weighted by atomic mass is 32.1. The predicted molar refractivity (Wildman–Crippen MR) is 64.5 cm³/mol. The van der Waals surface area contributed by atoms with Crippen LogP contribution >= 0.6 is 11.3 Å². The number of imidazole rings is 1. The zero-order valence-corrected chi connectivity index (χ0v) is 9.31. The van der Waals surface area contributed by atoms with Crippen molar-refractivity contribution in [3.05, 3.63) is 47.4 Å². The molecule has 0 aliphatic rings. The molecule has 5 heteroatoms. The second-order valence-corrected chi connectivity index (χ2v) is 4.42. The number of nitrogens with two attached hydrogens (primary N) is 1. The molecule has 2 N–H and O–H groups in total. The zero-order chi connectivity index (χ0) is 11.0. The van der Waals surface area contributed by atoms with Gasteiger partial charge in [-0.3, -0.25) is 4.40 Å². The van der Waals surface area contributed by atoms with E-state index in [-0.39, 0.29) is 0 Å². The Morgan fingerprint density at radius 2 is 2.38 bits per heavy atom. The van der Waals surface area contributed by atoms with E-state index in [1.807, 2.05) is 34.3 Å². The highest BCUT2D eigenvalue weighted by Crippen LogP contribution is 2.16. The van der Waals surface area contributed by atoms with Crippen molar-refractivity contribution in [3.8, 4) is 0 Å². The van der Waals surface area contributed by atoms with Crippen molar-refractivity contribution in [1.82, 2.24) is 14.4 Å². The topological polar surface area (TPSA) is 56.2 Å². The smallest absolute Gasteiger partial charge is 0.193 e. The Bertz CT molecular complexity index is 597. The van der Waals surface area contributed by atoms with Crippen LogP contribution in [-0.4, -0.2) is 14.4 Å². The van der Waals surface area contributed by atoms with Gasteiger partial charge in [0.2, 0.25) is 0 Å². The third-order valence-electron chi connectivity index (χ3n) is 2.44. The molecular weight excluding hydrogens is 220 g/mol. The number of nitrogen functional groups attached to an aromatic ring is 1. The third-order valence-corrected chi connectivity index (χ3v) is 3.21. The van der Waals surface area contributed by atoms with Gasteiger partial charge >= 0.3 is 0 Å². The van der Waals surface area contributed by atoms with Crippen molar-refractivity contribution in [3.63, 3.8) is 0 Å². The van der Waals surface area contributed by atoms with E-state index in [0.29, 0.717) is 5.82 Å². The van der Waals surface area contributed by atoms with E-state index < -0.39 is 0 Å². The largest absolute Gasteiger partial charge is 0.383 e. The Morgan fingerprint density at radius 1 is 1.44 bits per heavy atom. The molecule has 3 aromatic rings.